The number of para-hydroxylation sites is 13. The van der Waals surface area contributed by atoms with E-state index in [4.69, 9.17) is 9.97 Å². The average Bonchev–Trinajstić information content (AvgIpc) is 1.51. The summed E-state index contributed by atoms with van der Waals surface area (Å²) in [4.78, 5) is 20.2. The predicted octanol–water partition coefficient (Wildman–Crippen LogP) is 29.7. The van der Waals surface area contributed by atoms with Crippen molar-refractivity contribution < 1.29 is 0 Å². The molecule has 0 radical (unpaired) electrons. The van der Waals surface area contributed by atoms with Gasteiger partial charge in [0.25, 0.3) is 0 Å². The molecule has 20 aromatic carbocycles. The predicted molar refractivity (Wildman–Crippen MR) is 620 cm³/mol. The lowest BCUT2D eigenvalue weighted by atomic mass is 9.60. The minimum Gasteiger partial charge on any atom is -0.359 e. The number of benzene rings is 20. The van der Waals surface area contributed by atoms with E-state index >= 15 is 0 Å². The van der Waals surface area contributed by atoms with E-state index in [2.05, 4.69) is 507 Å². The maximum Gasteiger partial charge on any atom is 0.423 e. The molecule has 0 amide bonds. The van der Waals surface area contributed by atoms with E-state index in [1.807, 2.05) is 23.7 Å². The summed E-state index contributed by atoms with van der Waals surface area (Å²) in [6.45, 7) is 0.288. The number of rotatable bonds is 3. The molecule has 147 heavy (non-hydrogen) atoms. The van der Waals surface area contributed by atoms with Crippen LogP contribution in [-0.2, 0) is 0 Å². The highest BCUT2D eigenvalue weighted by molar-refractivity contribution is 7.26. The normalized spacial score (nSPS) is 13.5. The van der Waals surface area contributed by atoms with Crippen molar-refractivity contribution in [3.63, 3.8) is 0 Å². The number of fused-ring (bicyclic) bond motifs is 53. The van der Waals surface area contributed by atoms with Gasteiger partial charge in [0, 0.05) is 176 Å². The second-order valence-electron chi connectivity index (χ2n) is 39.9. The molecule has 0 unspecified atom stereocenters. The second-order valence-corrected chi connectivity index (χ2v) is 41.0. The van der Waals surface area contributed by atoms with Crippen LogP contribution in [-0.4, -0.2) is 64.9 Å². The van der Waals surface area contributed by atoms with Crippen LogP contribution in [0.1, 0.15) is 0 Å². The Morgan fingerprint density at radius 2 is 0.497 bits per heavy atom. The Morgan fingerprint density at radius 1 is 0.184 bits per heavy atom. The Kier molecular flexibility index (Phi) is 16.2. The number of aromatic nitrogens is 8. The van der Waals surface area contributed by atoms with Crippen molar-refractivity contribution in [1.29, 1.82) is 0 Å². The fraction of sp³-hybridized carbons (Fsp3) is 0. The van der Waals surface area contributed by atoms with Gasteiger partial charge in [-0.3, -0.25) is 9.97 Å². The van der Waals surface area contributed by atoms with Gasteiger partial charge in [-0.25, -0.2) is 0 Å². The zero-order chi connectivity index (χ0) is 95.4. The van der Waals surface area contributed by atoms with Gasteiger partial charge in [-0.05, 0) is 184 Å². The van der Waals surface area contributed by atoms with E-state index < -0.39 is 0 Å². The molecule has 8 aliphatic heterocycles. The van der Waals surface area contributed by atoms with Crippen molar-refractivity contribution in [2.75, 3.05) is 19.2 Å². The standard InChI is InChI=1S/C36H22BN3.C35H21BN4.C35H20BN3S.C24H15BN2/c1-6-16-30-24(11-1)25-12-4-9-19-33(25)39-35-22-23(21-29-28-15-5-10-20-34(28)40(36(29)35)37(30)39)38-31-17-7-2-13-26(31)27-14-3-8-18-32(27)38;1-4-14-29-23(9-1)24-10-2-5-15-30(24)38(29)22-18-19-32-27(21-22)34-28(13-8-20-37-34)36-39(32)33-17-7-12-26-25-11-3-6-16-31(25)40(36)35(26)33;1-3-14-29-23(8-1)25-11-6-15-31-34(25)39(29)36-28-13-7-19-37-33(28)27-20-21(17-18-30(27)38(31)36)22-10-5-12-26-24-9-2-4-16-32(24)40-35(22)26;1-4-12-20-16(8-1)17-9-2-5-13-21(17)26-23-15-7-11-19-18-10-3-6-14-22(18)27(24(19)23)25(20)26/h1-22H;1-21H;1-20H;1-15H. The van der Waals surface area contributed by atoms with E-state index in [-0.39, 0.29) is 27.9 Å². The first-order chi connectivity index (χ1) is 73.1. The van der Waals surface area contributed by atoms with Crippen LogP contribution in [0.5, 0.6) is 0 Å². The van der Waals surface area contributed by atoms with Crippen molar-refractivity contribution in [2.24, 2.45) is 0 Å². The first-order valence-corrected chi connectivity index (χ1v) is 51.6. The third-order valence-electron chi connectivity index (χ3n) is 32.9. The SMILES string of the molecule is c1ccc2c(c1)B1N(c3ccccc3-2)c2cc(-n3c4ccccc4c4ccccc43)cc3c4ccccc4n1c23.c1ccc2c(c1)B1N(c3ccccc3-2)c2cccc3c4ccccc4n1c23.c1cnc2c(c1)B1N(c3ccc(-c4cccc5c4sc4ccccc45)cc3-2)c2cccc3c4ccccc4n1c23.c1cnc2c(c1)B1N(c3ccc(-n4c5ccccc5c5ccccc54)cc3-2)c2cccc3c4ccccc4n1c23. The molecule has 37 rings (SSSR count). The van der Waals surface area contributed by atoms with Gasteiger partial charge >= 0.3 is 27.9 Å². The topological polar surface area (TPSA) is 68.3 Å². The van der Waals surface area contributed by atoms with Crippen molar-refractivity contribution in [3.05, 3.63) is 473 Å². The molecule has 0 fully saturated rings. The third kappa shape index (κ3) is 10.7. The Morgan fingerprint density at radius 3 is 0.966 bits per heavy atom. The lowest BCUT2D eigenvalue weighted by Gasteiger charge is -2.34. The zero-order valence-corrected chi connectivity index (χ0v) is 79.9. The highest BCUT2D eigenvalue weighted by atomic mass is 32.1. The van der Waals surface area contributed by atoms with Crippen LogP contribution < -0.4 is 41.1 Å². The maximum atomic E-state index is 5.01. The minimum atomic E-state index is 0.0232. The summed E-state index contributed by atoms with van der Waals surface area (Å²) in [6.07, 6.45) is 3.86. The smallest absolute Gasteiger partial charge is 0.359 e. The summed E-state index contributed by atoms with van der Waals surface area (Å²) in [5.41, 5.74) is 45.1. The highest BCUT2D eigenvalue weighted by Gasteiger charge is 2.51. The molecule has 9 aromatic heterocycles. The number of anilines is 8. The van der Waals surface area contributed by atoms with E-state index in [9.17, 15) is 0 Å². The van der Waals surface area contributed by atoms with Gasteiger partial charge in [-0.1, -0.05) is 322 Å². The van der Waals surface area contributed by atoms with E-state index in [1.54, 1.807) is 0 Å². The molecule has 17 heterocycles. The fourth-order valence-corrected chi connectivity index (χ4v) is 28.5. The van der Waals surface area contributed by atoms with Gasteiger partial charge in [0.15, 0.2) is 0 Å². The van der Waals surface area contributed by atoms with Crippen molar-refractivity contribution in [2.45, 2.75) is 0 Å². The lowest BCUT2D eigenvalue weighted by Crippen LogP contribution is -2.51. The summed E-state index contributed by atoms with van der Waals surface area (Å²) in [7, 11) is 0. The summed E-state index contributed by atoms with van der Waals surface area (Å²) < 4.78 is 17.7. The molecule has 29 aromatic rings. The minimum absolute atomic E-state index is 0.0232. The van der Waals surface area contributed by atoms with Crippen LogP contribution in [0.3, 0.4) is 0 Å². The van der Waals surface area contributed by atoms with Crippen LogP contribution in [0, 0.1) is 0 Å². The van der Waals surface area contributed by atoms with Crippen LogP contribution in [0.25, 0.3) is 218 Å². The van der Waals surface area contributed by atoms with Crippen LogP contribution in [0.2, 0.25) is 0 Å². The fourth-order valence-electron chi connectivity index (χ4n) is 27.3. The second kappa shape index (κ2) is 29.9. The zero-order valence-electron chi connectivity index (χ0n) is 79.1. The Balaban J connectivity index is 0.0000000848. The van der Waals surface area contributed by atoms with Crippen LogP contribution >= 0.6 is 11.3 Å². The summed E-state index contributed by atoms with van der Waals surface area (Å²) in [6, 6.07) is 169. The number of hydrogen-bond donors (Lipinski definition) is 0. The summed E-state index contributed by atoms with van der Waals surface area (Å²) >= 11 is 1.88. The van der Waals surface area contributed by atoms with Crippen LogP contribution in [0.15, 0.2) is 473 Å². The molecular weight excluding hydrogens is 1800 g/mol. The Labute approximate surface area is 848 Å². The van der Waals surface area contributed by atoms with Gasteiger partial charge < -0.3 is 46.3 Å². The molecule has 0 saturated carbocycles. The van der Waals surface area contributed by atoms with Gasteiger partial charge in [0.05, 0.1) is 78.3 Å². The van der Waals surface area contributed by atoms with E-state index in [0.717, 1.165) is 17.1 Å². The average molecular weight is 1880 g/mol. The number of pyridine rings is 2. The number of nitrogens with zero attached hydrogens (tertiary/aromatic N) is 12. The Bertz CT molecular complexity index is 10800. The summed E-state index contributed by atoms with van der Waals surface area (Å²) in [5, 5.41) is 18.3. The molecule has 0 N–H and O–H groups in total. The van der Waals surface area contributed by atoms with Gasteiger partial charge in [0.1, 0.15) is 0 Å². The molecule has 0 bridgehead atoms. The van der Waals surface area contributed by atoms with E-state index in [0.29, 0.717) is 0 Å². The first-order valence-electron chi connectivity index (χ1n) is 50.8. The van der Waals surface area contributed by atoms with Crippen molar-refractivity contribution >= 4 is 258 Å². The molecule has 17 heteroatoms. The summed E-state index contributed by atoms with van der Waals surface area (Å²) in [5.74, 6) is 0. The lowest BCUT2D eigenvalue weighted by molar-refractivity contribution is 1.17. The molecule has 0 saturated heterocycles. The quantitative estimate of drug-likeness (QED) is 0.164. The first kappa shape index (κ1) is 79.8. The number of thiophene rings is 1. The van der Waals surface area contributed by atoms with Crippen molar-refractivity contribution in [3.8, 4) is 67.3 Å². The van der Waals surface area contributed by atoms with Gasteiger partial charge in [-0.15, -0.1) is 11.3 Å². The monoisotopic (exact) mass is 1880 g/mol. The van der Waals surface area contributed by atoms with Crippen molar-refractivity contribution in [1.82, 2.24) is 37.0 Å². The maximum absolute atomic E-state index is 5.01. The molecule has 8 aliphatic rings. The Hall–Kier alpha value is -18.8. The molecule has 0 atom stereocenters. The van der Waals surface area contributed by atoms with Gasteiger partial charge in [0.2, 0.25) is 0 Å². The largest absolute Gasteiger partial charge is 0.423 e. The van der Waals surface area contributed by atoms with Crippen LogP contribution in [0.4, 0.5) is 45.5 Å². The molecule has 0 aliphatic carbocycles. The highest BCUT2D eigenvalue weighted by Crippen LogP contribution is 2.57. The third-order valence-corrected chi connectivity index (χ3v) is 34.1. The molecular formula is C130H78B4N12S. The van der Waals surface area contributed by atoms with E-state index in [1.165, 1.54) is 269 Å². The molecule has 12 nitrogen and oxygen atoms in total. The molecule has 0 spiro atoms. The van der Waals surface area contributed by atoms with Gasteiger partial charge in [-0.2, -0.15) is 0 Å². The molecule has 676 valence electrons. The number of hydrogen-bond acceptors (Lipinski definition) is 7.